The van der Waals surface area contributed by atoms with Gasteiger partial charge in [-0.25, -0.2) is 32.6 Å². The fourth-order valence-corrected chi connectivity index (χ4v) is 7.97. The molecule has 9 rings (SSSR count). The summed E-state index contributed by atoms with van der Waals surface area (Å²) < 4.78 is 29.7. The summed E-state index contributed by atoms with van der Waals surface area (Å²) in [6.07, 6.45) is 7.64. The number of aromatic nitrogens is 6. The summed E-state index contributed by atoms with van der Waals surface area (Å²) in [4.78, 5) is 82.5. The summed E-state index contributed by atoms with van der Waals surface area (Å²) in [6.45, 7) is 10.1. The van der Waals surface area contributed by atoms with Gasteiger partial charge < -0.3 is 26.0 Å². The topological polar surface area (TPSA) is 228 Å². The number of hydrogen-bond donors (Lipinski definition) is 6. The first kappa shape index (κ1) is 46.0. The Balaban J connectivity index is 0.000000157. The van der Waals surface area contributed by atoms with Gasteiger partial charge in [0, 0.05) is 60.1 Å². The van der Waals surface area contributed by atoms with Crippen LogP contribution in [0.4, 0.5) is 20.2 Å². The number of halogens is 2. The number of nitrogens with zero attached hydrogens (tertiary/aromatic N) is 5. The number of aromatic amines is 2. The zero-order chi connectivity index (χ0) is 46.7. The van der Waals surface area contributed by atoms with Gasteiger partial charge in [-0.2, -0.15) is 0 Å². The number of likely N-dealkylation sites (tertiary alicyclic amines) is 1. The van der Waals surface area contributed by atoms with E-state index in [-0.39, 0.29) is 63.3 Å². The Labute approximate surface area is 371 Å². The molecule has 17 nitrogen and oxygen atoms in total. The van der Waals surface area contributed by atoms with Gasteiger partial charge in [-0.15, -0.1) is 0 Å². The third kappa shape index (κ3) is 10.4. The third-order valence-corrected chi connectivity index (χ3v) is 12.0. The molecule has 0 radical (unpaired) electrons. The number of carbonyl (C=O) groups is 4. The zero-order valence-corrected chi connectivity index (χ0v) is 36.8. The highest BCUT2D eigenvalue weighted by Crippen LogP contribution is 2.34. The van der Waals surface area contributed by atoms with E-state index in [1.165, 1.54) is 42.5 Å². The number of rotatable bonds is 7. The number of benzene rings is 2. The van der Waals surface area contributed by atoms with Crippen LogP contribution in [0.25, 0.3) is 11.3 Å². The molecule has 4 aromatic heterocycles. The molecule has 1 aliphatic carbocycles. The number of fused-ring (bicyclic) bond motifs is 2. The molecule has 0 bridgehead atoms. The van der Waals surface area contributed by atoms with Crippen molar-refractivity contribution < 1.29 is 33.1 Å². The van der Waals surface area contributed by atoms with Crippen LogP contribution < -0.4 is 27.1 Å². The summed E-state index contributed by atoms with van der Waals surface area (Å²) in [7, 11) is 0. The average Bonchev–Trinajstić information content (AvgIpc) is 3.93. The van der Waals surface area contributed by atoms with E-state index in [0.29, 0.717) is 52.8 Å². The van der Waals surface area contributed by atoms with Gasteiger partial charge in [-0.05, 0) is 116 Å². The molecule has 19 heteroatoms. The van der Waals surface area contributed by atoms with E-state index >= 15 is 0 Å². The maximum Gasteiger partial charge on any atom is 0.337 e. The average molecular weight is 895 g/mol. The molecule has 0 spiro atoms. The second-order valence-corrected chi connectivity index (χ2v) is 16.7. The van der Waals surface area contributed by atoms with Crippen LogP contribution in [-0.2, 0) is 9.59 Å². The largest absolute Gasteiger partial charge is 0.478 e. The van der Waals surface area contributed by atoms with Gasteiger partial charge in [-0.3, -0.25) is 34.2 Å². The van der Waals surface area contributed by atoms with Crippen molar-refractivity contribution in [3.63, 3.8) is 0 Å². The molecule has 2 saturated heterocycles. The second-order valence-electron chi connectivity index (χ2n) is 16.7. The van der Waals surface area contributed by atoms with Gasteiger partial charge in [0.1, 0.15) is 11.6 Å². The van der Waals surface area contributed by atoms with E-state index in [0.717, 1.165) is 68.2 Å². The predicted octanol–water partition coefficient (Wildman–Crippen LogP) is 6.43. The summed E-state index contributed by atoms with van der Waals surface area (Å²) >= 11 is 0. The smallest absolute Gasteiger partial charge is 0.337 e. The standard InChI is InChI=1S/C22H24FN5O3.C13H18N4O.C11H10FNO3/c1-12-13(2)24-20-11-18(26-28(20)21(12)30)19-6-4-5-9-27(19)22(31)16-10-15(23)7-8-17(16)25-14(3)29;1-8-9(2)15-12-7-11(16-17(12)13(8)18)10-5-3-4-6-14-10;12-7-3-4-9(8(5-7)11(15)16)13-10(14)6-1-2-6/h7-8,10-11,19,26H,4-6,9H2,1-3H3,(H,25,29);7,10,14,16H,3-6H2,1-2H3;3-6H,1-2H2,(H,13,14)(H,15,16)/t19-;10-;/m00./s1. The molecule has 6 N–H and O–H groups in total. The number of nitrogens with one attached hydrogen (secondary N) is 5. The summed E-state index contributed by atoms with van der Waals surface area (Å²) in [5.74, 6) is -3.39. The van der Waals surface area contributed by atoms with Gasteiger partial charge in [-0.1, -0.05) is 6.42 Å². The van der Waals surface area contributed by atoms with Crippen LogP contribution in [0.15, 0.2) is 58.1 Å². The summed E-state index contributed by atoms with van der Waals surface area (Å²) in [5, 5.41) is 23.7. The van der Waals surface area contributed by atoms with E-state index in [1.54, 1.807) is 29.3 Å². The van der Waals surface area contributed by atoms with Crippen molar-refractivity contribution in [3.8, 4) is 0 Å². The zero-order valence-electron chi connectivity index (χ0n) is 36.8. The number of aryl methyl sites for hydroxylation is 2. The number of carboxylic acid groups (broad SMARTS) is 1. The molecule has 6 aromatic rings. The van der Waals surface area contributed by atoms with Crippen molar-refractivity contribution in [2.24, 2.45) is 5.92 Å². The van der Waals surface area contributed by atoms with Crippen LogP contribution in [0.3, 0.4) is 0 Å². The van der Waals surface area contributed by atoms with Crippen molar-refractivity contribution in [3.05, 3.63) is 126 Å². The molecule has 2 aromatic carbocycles. The van der Waals surface area contributed by atoms with Gasteiger partial charge >= 0.3 is 5.97 Å². The molecule has 1 saturated carbocycles. The maximum atomic E-state index is 14.0. The molecule has 2 aliphatic heterocycles. The lowest BCUT2D eigenvalue weighted by Crippen LogP contribution is -2.39. The predicted molar refractivity (Wildman–Crippen MR) is 238 cm³/mol. The molecule has 3 amide bonds. The Morgan fingerprint density at radius 1 is 0.708 bits per heavy atom. The second kappa shape index (κ2) is 19.4. The molecular weight excluding hydrogens is 843 g/mol. The molecule has 6 heterocycles. The Hall–Kier alpha value is -7.02. The number of aromatic carboxylic acids is 1. The highest BCUT2D eigenvalue weighted by Gasteiger charge is 2.33. The summed E-state index contributed by atoms with van der Waals surface area (Å²) in [5.41, 5.74) is 5.79. The highest BCUT2D eigenvalue weighted by molar-refractivity contribution is 6.04. The third-order valence-electron chi connectivity index (χ3n) is 12.0. The van der Waals surface area contributed by atoms with Crippen LogP contribution in [0.5, 0.6) is 0 Å². The number of piperidine rings is 2. The number of amides is 3. The first-order valence-corrected chi connectivity index (χ1v) is 21.6. The fourth-order valence-electron chi connectivity index (χ4n) is 7.97. The van der Waals surface area contributed by atoms with Crippen LogP contribution in [0, 0.1) is 45.2 Å². The lowest BCUT2D eigenvalue weighted by atomic mass is 9.97. The van der Waals surface area contributed by atoms with Gasteiger partial charge in [0.25, 0.3) is 17.0 Å². The van der Waals surface area contributed by atoms with E-state index < -0.39 is 17.6 Å². The number of carboxylic acids is 1. The van der Waals surface area contributed by atoms with Crippen molar-refractivity contribution in [1.29, 1.82) is 0 Å². The van der Waals surface area contributed by atoms with Crippen LogP contribution >= 0.6 is 0 Å². The molecule has 342 valence electrons. The maximum absolute atomic E-state index is 14.0. The molecule has 3 aliphatic rings. The minimum absolute atomic E-state index is 0.000408. The minimum Gasteiger partial charge on any atom is -0.478 e. The Morgan fingerprint density at radius 3 is 1.82 bits per heavy atom. The SMILES string of the molecule is CC(=O)Nc1ccc(F)cc1C(=O)N1CCCC[C@H]1c1cc2nc(C)c(C)c(=O)n2[nH]1.Cc1nc2cc([C@@H]3CCCCN3)[nH]n2c(=O)c1C.O=C(O)c1cc(F)ccc1NC(=O)C1CC1. The first-order valence-electron chi connectivity index (χ1n) is 21.6. The Kier molecular flexibility index (Phi) is 13.7. The molecular formula is C46H52F2N10O7. The minimum atomic E-state index is -1.26. The van der Waals surface area contributed by atoms with E-state index in [9.17, 15) is 37.5 Å². The number of hydrogen-bond acceptors (Lipinski definition) is 9. The fraction of sp³-hybridized carbons (Fsp3) is 0.391. The van der Waals surface area contributed by atoms with E-state index in [1.807, 2.05) is 19.9 Å². The van der Waals surface area contributed by atoms with Crippen LogP contribution in [-0.4, -0.2) is 76.0 Å². The quantitative estimate of drug-likeness (QED) is 0.103. The monoisotopic (exact) mass is 894 g/mol. The lowest BCUT2D eigenvalue weighted by Gasteiger charge is -2.35. The number of anilines is 2. The normalized spacial score (nSPS) is 17.1. The molecule has 2 atom stereocenters. The lowest BCUT2D eigenvalue weighted by molar-refractivity contribution is -0.117. The van der Waals surface area contributed by atoms with Gasteiger partial charge in [0.2, 0.25) is 11.8 Å². The molecule has 65 heavy (non-hydrogen) atoms. The van der Waals surface area contributed by atoms with Gasteiger partial charge in [0.15, 0.2) is 11.3 Å². The highest BCUT2D eigenvalue weighted by atomic mass is 19.1. The van der Waals surface area contributed by atoms with Crippen LogP contribution in [0.2, 0.25) is 0 Å². The van der Waals surface area contributed by atoms with E-state index in [4.69, 9.17) is 5.11 Å². The Morgan fingerprint density at radius 2 is 1.26 bits per heavy atom. The molecule has 3 fully saturated rings. The van der Waals surface area contributed by atoms with Gasteiger partial charge in [0.05, 0.1) is 39.9 Å². The summed E-state index contributed by atoms with van der Waals surface area (Å²) in [6, 6.07) is 10.8. The van der Waals surface area contributed by atoms with Crippen molar-refractivity contribution in [2.45, 2.75) is 98.1 Å². The van der Waals surface area contributed by atoms with Crippen molar-refractivity contribution >= 4 is 46.4 Å². The number of carbonyl (C=O) groups excluding carboxylic acids is 3. The molecule has 0 unspecified atom stereocenters. The van der Waals surface area contributed by atoms with Crippen molar-refractivity contribution in [2.75, 3.05) is 23.7 Å². The van der Waals surface area contributed by atoms with E-state index in [2.05, 4.69) is 36.1 Å². The van der Waals surface area contributed by atoms with Crippen molar-refractivity contribution in [1.82, 2.24) is 39.4 Å². The number of H-pyrrole nitrogens is 2. The Bertz CT molecular complexity index is 2930. The van der Waals surface area contributed by atoms with Crippen LogP contribution in [0.1, 0.15) is 125 Å². The first-order chi connectivity index (χ1) is 31.0.